The quantitative estimate of drug-likeness (QED) is 0.898. The number of hydrogen-bond acceptors (Lipinski definition) is 3. The highest BCUT2D eigenvalue weighted by atomic mass is 16.5. The van der Waals surface area contributed by atoms with E-state index in [4.69, 9.17) is 4.74 Å². The highest BCUT2D eigenvalue weighted by Gasteiger charge is 2.30. The zero-order chi connectivity index (χ0) is 14.6. The number of ether oxygens (including phenoxy) is 1. The molecule has 1 aliphatic heterocycles. The Morgan fingerprint density at radius 3 is 2.65 bits per heavy atom. The van der Waals surface area contributed by atoms with E-state index in [2.05, 4.69) is 30.9 Å². The lowest BCUT2D eigenvalue weighted by Gasteiger charge is -2.40. The van der Waals surface area contributed by atoms with E-state index in [9.17, 15) is 5.11 Å². The molecule has 2 rings (SSSR count). The number of aliphatic hydroxyl groups is 1. The molecule has 0 aromatic heterocycles. The summed E-state index contributed by atoms with van der Waals surface area (Å²) in [5, 5.41) is 9.54. The molecule has 1 N–H and O–H groups in total. The molecular weight excluding hydrogens is 250 g/mol. The van der Waals surface area contributed by atoms with Crippen molar-refractivity contribution in [3.05, 3.63) is 29.8 Å². The molecule has 0 aliphatic carbocycles. The number of piperidine rings is 1. The van der Waals surface area contributed by atoms with Crippen LogP contribution in [0.4, 0.5) is 0 Å². The summed E-state index contributed by atoms with van der Waals surface area (Å²) < 4.78 is 5.20. The molecule has 3 heteroatoms. The Kier molecular flexibility index (Phi) is 5.06. The van der Waals surface area contributed by atoms with Crippen LogP contribution in [0.2, 0.25) is 0 Å². The number of rotatable bonds is 5. The molecule has 2 unspecified atom stereocenters. The summed E-state index contributed by atoms with van der Waals surface area (Å²) in [5.74, 6) is 1.41. The minimum absolute atomic E-state index is 0.0812. The van der Waals surface area contributed by atoms with E-state index in [0.717, 1.165) is 31.8 Å². The van der Waals surface area contributed by atoms with Gasteiger partial charge in [0, 0.05) is 25.1 Å². The van der Waals surface area contributed by atoms with Gasteiger partial charge in [-0.05, 0) is 43.0 Å². The van der Waals surface area contributed by atoms with E-state index in [1.165, 1.54) is 12.0 Å². The van der Waals surface area contributed by atoms with E-state index in [1.54, 1.807) is 7.11 Å². The monoisotopic (exact) mass is 277 g/mol. The first-order valence-corrected chi connectivity index (χ1v) is 7.53. The van der Waals surface area contributed by atoms with Crippen LogP contribution in [0.25, 0.3) is 0 Å². The minimum atomic E-state index is 0.0812. The lowest BCUT2D eigenvalue weighted by molar-refractivity contribution is 0.0444. The largest absolute Gasteiger partial charge is 0.497 e. The second kappa shape index (κ2) is 6.59. The topological polar surface area (TPSA) is 32.7 Å². The van der Waals surface area contributed by atoms with Gasteiger partial charge in [-0.2, -0.15) is 0 Å². The third-order valence-corrected chi connectivity index (χ3v) is 4.46. The van der Waals surface area contributed by atoms with Gasteiger partial charge >= 0.3 is 0 Å². The van der Waals surface area contributed by atoms with Crippen LogP contribution in [0.3, 0.4) is 0 Å². The number of likely N-dealkylation sites (tertiary alicyclic amines) is 1. The second-order valence-corrected chi connectivity index (χ2v) is 6.48. The molecule has 2 atom stereocenters. The Morgan fingerprint density at radius 2 is 2.05 bits per heavy atom. The lowest BCUT2D eigenvalue weighted by atomic mass is 9.82. The van der Waals surface area contributed by atoms with Gasteiger partial charge in [0.25, 0.3) is 0 Å². The molecule has 1 aromatic carbocycles. The summed E-state index contributed by atoms with van der Waals surface area (Å²) in [4.78, 5) is 2.49. The van der Waals surface area contributed by atoms with E-state index in [0.29, 0.717) is 12.5 Å². The van der Waals surface area contributed by atoms with Crippen LogP contribution in [0.15, 0.2) is 24.3 Å². The van der Waals surface area contributed by atoms with Crippen LogP contribution >= 0.6 is 0 Å². The van der Waals surface area contributed by atoms with Gasteiger partial charge in [-0.3, -0.25) is 0 Å². The van der Waals surface area contributed by atoms with Crippen molar-refractivity contribution in [2.75, 3.05) is 33.4 Å². The first-order valence-electron chi connectivity index (χ1n) is 7.53. The smallest absolute Gasteiger partial charge is 0.118 e. The molecule has 0 spiro atoms. The summed E-state index contributed by atoms with van der Waals surface area (Å²) >= 11 is 0. The molecule has 3 nitrogen and oxygen atoms in total. The average molecular weight is 277 g/mol. The number of methoxy groups -OCH3 is 1. The Bertz CT molecular complexity index is 418. The van der Waals surface area contributed by atoms with E-state index >= 15 is 0 Å². The number of hydrogen-bond donors (Lipinski definition) is 1. The van der Waals surface area contributed by atoms with Crippen LogP contribution in [0, 0.1) is 5.41 Å². The van der Waals surface area contributed by atoms with Gasteiger partial charge in [0.15, 0.2) is 0 Å². The van der Waals surface area contributed by atoms with E-state index < -0.39 is 0 Å². The van der Waals surface area contributed by atoms with Crippen molar-refractivity contribution >= 4 is 0 Å². The third kappa shape index (κ3) is 3.74. The molecule has 20 heavy (non-hydrogen) atoms. The average Bonchev–Trinajstić information content (AvgIpc) is 2.47. The molecule has 112 valence electrons. The first kappa shape index (κ1) is 15.3. The third-order valence-electron chi connectivity index (χ3n) is 4.46. The summed E-state index contributed by atoms with van der Waals surface area (Å²) in [6, 6.07) is 8.36. The second-order valence-electron chi connectivity index (χ2n) is 6.48. The zero-order valence-electron chi connectivity index (χ0n) is 12.9. The van der Waals surface area contributed by atoms with Crippen molar-refractivity contribution in [2.24, 2.45) is 5.41 Å². The number of nitrogens with zero attached hydrogens (tertiary/aromatic N) is 1. The van der Waals surface area contributed by atoms with Crippen LogP contribution in [0.5, 0.6) is 5.75 Å². The summed E-state index contributed by atoms with van der Waals surface area (Å²) in [6.45, 7) is 7.96. The summed E-state index contributed by atoms with van der Waals surface area (Å²) in [6.07, 6.45) is 2.32. The molecular formula is C17H27NO2. The molecule has 1 saturated heterocycles. The van der Waals surface area contributed by atoms with Crippen LogP contribution < -0.4 is 4.74 Å². The van der Waals surface area contributed by atoms with Crippen molar-refractivity contribution in [3.8, 4) is 5.75 Å². The maximum absolute atomic E-state index is 9.54. The maximum atomic E-state index is 9.54. The highest BCUT2D eigenvalue weighted by molar-refractivity contribution is 5.29. The molecule has 1 heterocycles. The fourth-order valence-corrected chi connectivity index (χ4v) is 3.14. The standard InChI is InChI=1S/C17H27NO2/c1-14(15-5-7-16(20-3)8-6-15)11-18-10-4-9-17(2,12-18)13-19/h5-8,14,19H,4,9-13H2,1-3H3. The summed E-state index contributed by atoms with van der Waals surface area (Å²) in [7, 11) is 1.70. The van der Waals surface area contributed by atoms with Gasteiger partial charge in [0.05, 0.1) is 7.11 Å². The van der Waals surface area contributed by atoms with Crippen LogP contribution in [-0.2, 0) is 0 Å². The summed E-state index contributed by atoms with van der Waals surface area (Å²) in [5.41, 5.74) is 1.43. The van der Waals surface area contributed by atoms with Crippen molar-refractivity contribution in [2.45, 2.75) is 32.6 Å². The Balaban J connectivity index is 1.94. The maximum Gasteiger partial charge on any atom is 0.118 e. The fourth-order valence-electron chi connectivity index (χ4n) is 3.14. The van der Waals surface area contributed by atoms with E-state index in [1.807, 2.05) is 12.1 Å². The van der Waals surface area contributed by atoms with Crippen LogP contribution in [-0.4, -0.2) is 43.4 Å². The normalized spacial score (nSPS) is 25.4. The van der Waals surface area contributed by atoms with Gasteiger partial charge in [-0.1, -0.05) is 26.0 Å². The Hall–Kier alpha value is -1.06. The molecule has 1 aromatic rings. The van der Waals surface area contributed by atoms with Crippen molar-refractivity contribution in [1.29, 1.82) is 0 Å². The van der Waals surface area contributed by atoms with Gasteiger partial charge in [0.1, 0.15) is 5.75 Å². The van der Waals surface area contributed by atoms with Crippen molar-refractivity contribution in [1.82, 2.24) is 4.90 Å². The molecule has 0 radical (unpaired) electrons. The molecule has 0 bridgehead atoms. The highest BCUT2D eigenvalue weighted by Crippen LogP contribution is 2.30. The number of benzene rings is 1. The van der Waals surface area contributed by atoms with Gasteiger partial charge < -0.3 is 14.7 Å². The SMILES string of the molecule is COc1ccc(C(C)CN2CCCC(C)(CO)C2)cc1. The zero-order valence-corrected chi connectivity index (χ0v) is 12.9. The van der Waals surface area contributed by atoms with E-state index in [-0.39, 0.29) is 5.41 Å². The van der Waals surface area contributed by atoms with Crippen molar-refractivity contribution in [3.63, 3.8) is 0 Å². The number of aliphatic hydroxyl groups excluding tert-OH is 1. The molecule has 1 aliphatic rings. The molecule has 0 saturated carbocycles. The minimum Gasteiger partial charge on any atom is -0.497 e. The molecule has 0 amide bonds. The molecule has 1 fully saturated rings. The van der Waals surface area contributed by atoms with Gasteiger partial charge in [-0.25, -0.2) is 0 Å². The fraction of sp³-hybridized carbons (Fsp3) is 0.647. The Morgan fingerprint density at radius 1 is 1.35 bits per heavy atom. The van der Waals surface area contributed by atoms with Gasteiger partial charge in [-0.15, -0.1) is 0 Å². The predicted octanol–water partition coefficient (Wildman–Crippen LogP) is 2.89. The van der Waals surface area contributed by atoms with Crippen molar-refractivity contribution < 1.29 is 9.84 Å². The van der Waals surface area contributed by atoms with Crippen LogP contribution in [0.1, 0.15) is 38.2 Å². The van der Waals surface area contributed by atoms with Gasteiger partial charge in [0.2, 0.25) is 0 Å². The Labute approximate surface area is 122 Å². The lowest BCUT2D eigenvalue weighted by Crippen LogP contribution is -2.44. The first-order chi connectivity index (χ1) is 9.56. The predicted molar refractivity (Wildman–Crippen MR) is 82.3 cm³/mol.